The summed E-state index contributed by atoms with van der Waals surface area (Å²) < 4.78 is 0. The summed E-state index contributed by atoms with van der Waals surface area (Å²) in [6, 6.07) is 49.3. The van der Waals surface area contributed by atoms with Gasteiger partial charge in [-0.05, 0) is 45.8 Å². The molecule has 11 rings (SSSR count). The van der Waals surface area contributed by atoms with Crippen LogP contribution in [0.4, 0.5) is 0 Å². The number of aromatic hydroxyl groups is 2. The molecule has 0 saturated carbocycles. The van der Waals surface area contributed by atoms with Gasteiger partial charge < -0.3 is 40.1 Å². The number of para-hydroxylation sites is 2. The summed E-state index contributed by atoms with van der Waals surface area (Å²) in [5.41, 5.74) is 5.78. The molecule has 9 aromatic rings. The van der Waals surface area contributed by atoms with Crippen LogP contribution >= 0.6 is 0 Å². The van der Waals surface area contributed by atoms with Crippen molar-refractivity contribution in [3.63, 3.8) is 0 Å². The monoisotopic (exact) mass is 880 g/mol. The molecular weight excluding hydrogens is 851 g/mol. The Morgan fingerprint density at radius 1 is 0.291 bits per heavy atom. The van der Waals surface area contributed by atoms with Gasteiger partial charge >= 0.3 is 0 Å². The van der Waals surface area contributed by atoms with E-state index in [4.69, 9.17) is 50.1 Å². The van der Waals surface area contributed by atoms with E-state index in [-0.39, 0.29) is 25.8 Å². The molecule has 5 heterocycles. The molecule has 3 aromatic heterocycles. The van der Waals surface area contributed by atoms with E-state index in [1.807, 2.05) is 109 Å². The van der Waals surface area contributed by atoms with Gasteiger partial charge in [0.2, 0.25) is 0 Å². The average molecular weight is 879 g/mol. The van der Waals surface area contributed by atoms with Gasteiger partial charge in [0.25, 0.3) is 0 Å². The second-order valence-electron chi connectivity index (χ2n) is 12.3. The largest absolute Gasteiger partial charge is 0.508 e. The number of fused-ring (bicyclic) bond motifs is 20. The van der Waals surface area contributed by atoms with Gasteiger partial charge in [-0.1, -0.05) is 133 Å². The Balaban J connectivity index is 0.000000241. The fraction of sp³-hybridized carbons (Fsp3) is 0. The SMILES string of the molecule is Oc1ccccc1.Oc1ccccc1.[Hf].c1ccc2c(c1)-c1nc-2nc2[n-]c(nc3nc(nc4[n-]c(n1)c1ccccc41)-c1ccccc1-3)c1ccccc21. The van der Waals surface area contributed by atoms with Crippen LogP contribution in [0.2, 0.25) is 0 Å². The number of hydrogen-bond donors (Lipinski definition) is 2. The smallest absolute Gasteiger partial charge is 0.115 e. The molecule has 0 radical (unpaired) electrons. The molecule has 11 heteroatoms. The Morgan fingerprint density at radius 3 is 0.764 bits per heavy atom. The normalized spacial score (nSPS) is 10.9. The van der Waals surface area contributed by atoms with E-state index in [1.165, 1.54) is 0 Å². The van der Waals surface area contributed by atoms with Crippen LogP contribution in [0.25, 0.3) is 89.7 Å². The van der Waals surface area contributed by atoms with Crippen LogP contribution in [0, 0.1) is 0 Å². The predicted molar refractivity (Wildman–Crippen MR) is 210 cm³/mol. The van der Waals surface area contributed by atoms with Crippen LogP contribution in [0.3, 0.4) is 0 Å². The minimum Gasteiger partial charge on any atom is -0.508 e. The van der Waals surface area contributed by atoms with Gasteiger partial charge in [-0.3, -0.25) is 0 Å². The third-order valence-corrected chi connectivity index (χ3v) is 8.84. The van der Waals surface area contributed by atoms with Crippen molar-refractivity contribution < 1.29 is 36.1 Å². The van der Waals surface area contributed by atoms with Crippen LogP contribution in [-0.4, -0.2) is 40.1 Å². The molecule has 0 unspecified atom stereocenters. The number of rotatable bonds is 0. The quantitative estimate of drug-likeness (QED) is 0.142. The first-order valence-electron chi connectivity index (χ1n) is 17.2. The van der Waals surface area contributed by atoms with Gasteiger partial charge in [0, 0.05) is 70.7 Å². The van der Waals surface area contributed by atoms with E-state index in [0.29, 0.717) is 57.4 Å². The molecule has 0 amide bonds. The molecule has 0 spiro atoms. The first-order valence-corrected chi connectivity index (χ1v) is 17.2. The number of hydrogen-bond acceptors (Lipinski definition) is 8. The van der Waals surface area contributed by atoms with Gasteiger partial charge in [0.15, 0.2) is 0 Å². The average Bonchev–Trinajstić information content (AvgIpc) is 3.95. The molecule has 0 aliphatic carbocycles. The molecule has 2 aliphatic heterocycles. The predicted octanol–water partition coefficient (Wildman–Crippen LogP) is 8.91. The third-order valence-electron chi connectivity index (χ3n) is 8.84. The fourth-order valence-corrected chi connectivity index (χ4v) is 6.31. The number of aromatic nitrogens is 8. The van der Waals surface area contributed by atoms with E-state index in [1.54, 1.807) is 48.5 Å². The number of nitrogens with zero attached hydrogens (tertiary/aromatic N) is 8. The second-order valence-corrected chi connectivity index (χ2v) is 12.3. The van der Waals surface area contributed by atoms with E-state index < -0.39 is 0 Å². The molecule has 262 valence electrons. The van der Waals surface area contributed by atoms with Crippen LogP contribution in [-0.2, 0) is 25.8 Å². The summed E-state index contributed by atoms with van der Waals surface area (Å²) in [6.07, 6.45) is 0. The zero-order chi connectivity index (χ0) is 36.4. The fourth-order valence-electron chi connectivity index (χ4n) is 6.31. The minimum absolute atomic E-state index is 0. The standard InChI is InChI=1S/C32H16N8.2C6H6O.Hf/c1-2-10-18-17(9-1)25-33-26(18)38-28-21-13-5-6-14-22(21)30(35-28)40-32-24-16-8-7-15-23(24)31(36-32)39-29-20-12-4-3-11-19(20)27(34-29)37-25;2*7-6-4-2-1-3-5-6;/h1-16H;2*1-5,7H;/q-2;;;. The van der Waals surface area contributed by atoms with E-state index in [0.717, 1.165) is 43.8 Å². The first kappa shape index (κ1) is 35.2. The maximum atomic E-state index is 8.63. The summed E-state index contributed by atoms with van der Waals surface area (Å²) in [6.45, 7) is 0. The van der Waals surface area contributed by atoms with Crippen molar-refractivity contribution in [3.8, 4) is 57.1 Å². The second kappa shape index (κ2) is 15.2. The maximum Gasteiger partial charge on any atom is 0.115 e. The van der Waals surface area contributed by atoms with Crippen LogP contribution in [0.15, 0.2) is 158 Å². The maximum absolute atomic E-state index is 8.63. The number of benzene rings is 6. The van der Waals surface area contributed by atoms with Crippen molar-refractivity contribution >= 4 is 44.1 Å². The van der Waals surface area contributed by atoms with Crippen molar-refractivity contribution in [1.29, 1.82) is 0 Å². The minimum atomic E-state index is 0. The Hall–Kier alpha value is -6.85. The van der Waals surface area contributed by atoms with Gasteiger partial charge in [0.1, 0.15) is 11.5 Å². The van der Waals surface area contributed by atoms with Crippen molar-refractivity contribution in [2.45, 2.75) is 0 Å². The summed E-state index contributed by atoms with van der Waals surface area (Å²) in [4.78, 5) is 39.3. The molecule has 8 bridgehead atoms. The topological polar surface area (TPSA) is 146 Å². The van der Waals surface area contributed by atoms with E-state index in [9.17, 15) is 0 Å². The Morgan fingerprint density at radius 2 is 0.527 bits per heavy atom. The van der Waals surface area contributed by atoms with Gasteiger partial charge in [-0.25, -0.2) is 9.97 Å². The molecule has 2 N–H and O–H groups in total. The number of phenols is 2. The van der Waals surface area contributed by atoms with Gasteiger partial charge in [-0.15, -0.1) is 0 Å². The van der Waals surface area contributed by atoms with E-state index in [2.05, 4.69) is 0 Å². The molecule has 2 aliphatic rings. The number of phenolic OH excluding ortho intramolecular Hbond substituents is 2. The summed E-state index contributed by atoms with van der Waals surface area (Å²) in [5, 5.41) is 20.8. The molecule has 0 saturated heterocycles. The summed E-state index contributed by atoms with van der Waals surface area (Å²) in [5.74, 6) is 2.85. The van der Waals surface area contributed by atoms with Gasteiger partial charge in [-0.2, -0.15) is 0 Å². The molecule has 55 heavy (non-hydrogen) atoms. The Bertz CT molecular complexity index is 2630. The molecule has 0 atom stereocenters. The van der Waals surface area contributed by atoms with Crippen LogP contribution in [0.5, 0.6) is 11.5 Å². The van der Waals surface area contributed by atoms with Crippen LogP contribution in [0.1, 0.15) is 0 Å². The van der Waals surface area contributed by atoms with Crippen molar-refractivity contribution in [1.82, 2.24) is 39.9 Å². The van der Waals surface area contributed by atoms with E-state index >= 15 is 0 Å². The van der Waals surface area contributed by atoms with Crippen molar-refractivity contribution in [2.24, 2.45) is 0 Å². The Labute approximate surface area is 333 Å². The molecule has 10 nitrogen and oxygen atoms in total. The van der Waals surface area contributed by atoms with Crippen molar-refractivity contribution in [2.75, 3.05) is 0 Å². The van der Waals surface area contributed by atoms with Gasteiger partial charge in [0.05, 0.1) is 23.3 Å². The van der Waals surface area contributed by atoms with Crippen LogP contribution < -0.4 is 9.97 Å². The summed E-state index contributed by atoms with van der Waals surface area (Å²) in [7, 11) is 0. The third kappa shape index (κ3) is 7.00. The summed E-state index contributed by atoms with van der Waals surface area (Å²) >= 11 is 0. The molecule has 0 fully saturated rings. The Kier molecular flexibility index (Phi) is 9.76. The zero-order valence-corrected chi connectivity index (χ0v) is 32.6. The first-order chi connectivity index (χ1) is 26.6. The van der Waals surface area contributed by atoms with Crippen molar-refractivity contribution in [3.05, 3.63) is 158 Å². The molecule has 6 aromatic carbocycles. The zero-order valence-electron chi connectivity index (χ0n) is 29.0. The molecular formula is C44H28HfN8O2-2.